The molecule has 1 heteroatoms. The molecule has 0 aromatic carbocycles. The topological polar surface area (TPSA) is 12.4 Å². The lowest BCUT2D eigenvalue weighted by Crippen LogP contribution is -2.11. The van der Waals surface area contributed by atoms with Crippen molar-refractivity contribution in [3.8, 4) is 0 Å². The van der Waals surface area contributed by atoms with E-state index in [9.17, 15) is 0 Å². The van der Waals surface area contributed by atoms with Crippen LogP contribution in [0.15, 0.2) is 4.99 Å². The van der Waals surface area contributed by atoms with E-state index in [4.69, 9.17) is 0 Å². The van der Waals surface area contributed by atoms with Crippen LogP contribution in [-0.4, -0.2) is 13.3 Å². The van der Waals surface area contributed by atoms with Gasteiger partial charge in [0, 0.05) is 6.54 Å². The summed E-state index contributed by atoms with van der Waals surface area (Å²) in [7, 11) is 0. The smallest absolute Gasteiger partial charge is 0.0384 e. The zero-order valence-electron chi connectivity index (χ0n) is 8.35. The Morgan fingerprint density at radius 1 is 1.36 bits per heavy atom. The molecule has 1 atom stereocenters. The van der Waals surface area contributed by atoms with Crippen LogP contribution in [0.5, 0.6) is 0 Å². The first kappa shape index (κ1) is 10.7. The summed E-state index contributed by atoms with van der Waals surface area (Å²) in [4.78, 5) is 3.86. The van der Waals surface area contributed by atoms with Crippen molar-refractivity contribution in [2.75, 3.05) is 6.54 Å². The van der Waals surface area contributed by atoms with Crippen LogP contribution in [0.2, 0.25) is 0 Å². The molecule has 1 unspecified atom stereocenters. The molecule has 0 spiro atoms. The Morgan fingerprint density at radius 3 is 2.27 bits per heavy atom. The number of nitrogens with zero attached hydrogens (tertiary/aromatic N) is 1. The van der Waals surface area contributed by atoms with Crippen molar-refractivity contribution in [2.45, 2.75) is 40.5 Å². The lowest BCUT2D eigenvalue weighted by Gasteiger charge is -2.22. The van der Waals surface area contributed by atoms with Gasteiger partial charge in [0.1, 0.15) is 0 Å². The number of hydrogen-bond donors (Lipinski definition) is 0. The first-order valence-corrected chi connectivity index (χ1v) is 4.38. The van der Waals surface area contributed by atoms with Crippen LogP contribution in [0.3, 0.4) is 0 Å². The maximum Gasteiger partial charge on any atom is 0.0384 e. The summed E-state index contributed by atoms with van der Waals surface area (Å²) in [5.74, 6) is 0.778. The zero-order chi connectivity index (χ0) is 8.91. The Labute approximate surface area is 70.9 Å². The molecule has 66 valence electrons. The highest BCUT2D eigenvalue weighted by Gasteiger charge is 2.14. The van der Waals surface area contributed by atoms with E-state index in [1.54, 1.807) is 0 Å². The predicted molar refractivity (Wildman–Crippen MR) is 52.3 cm³/mol. The molecule has 0 N–H and O–H groups in total. The second kappa shape index (κ2) is 4.53. The first-order chi connectivity index (χ1) is 4.95. The molecular weight excluding hydrogens is 134 g/mol. The Morgan fingerprint density at radius 2 is 1.91 bits per heavy atom. The Balaban J connectivity index is 3.51. The van der Waals surface area contributed by atoms with Gasteiger partial charge in [-0.05, 0) is 30.9 Å². The van der Waals surface area contributed by atoms with Crippen LogP contribution >= 0.6 is 0 Å². The fraction of sp³-hybridized carbons (Fsp3) is 0.900. The molecule has 0 aromatic rings. The average molecular weight is 155 g/mol. The molecule has 0 rings (SSSR count). The van der Waals surface area contributed by atoms with Gasteiger partial charge >= 0.3 is 0 Å². The highest BCUT2D eigenvalue weighted by molar-refractivity contribution is 5.22. The molecule has 0 aromatic heterocycles. The molecule has 1 nitrogen and oxygen atoms in total. The molecule has 0 aliphatic heterocycles. The number of hydrogen-bond acceptors (Lipinski definition) is 1. The number of rotatable bonds is 4. The van der Waals surface area contributed by atoms with Crippen LogP contribution in [-0.2, 0) is 0 Å². The summed E-state index contributed by atoms with van der Waals surface area (Å²) in [6.45, 7) is 13.5. The van der Waals surface area contributed by atoms with Gasteiger partial charge in [0.05, 0.1) is 0 Å². The fourth-order valence-electron chi connectivity index (χ4n) is 1.46. The van der Waals surface area contributed by atoms with Gasteiger partial charge in [0.2, 0.25) is 0 Å². The van der Waals surface area contributed by atoms with E-state index in [2.05, 4.69) is 39.4 Å². The summed E-state index contributed by atoms with van der Waals surface area (Å²) in [6, 6.07) is 0. The molecule has 0 heterocycles. The predicted octanol–water partition coefficient (Wildman–Crippen LogP) is 3.15. The third-order valence-electron chi connectivity index (χ3n) is 1.74. The maximum absolute atomic E-state index is 3.86. The van der Waals surface area contributed by atoms with E-state index in [1.807, 2.05) is 0 Å². The Bertz CT molecular complexity index is 111. The van der Waals surface area contributed by atoms with Crippen molar-refractivity contribution >= 4 is 6.72 Å². The van der Waals surface area contributed by atoms with E-state index in [0.29, 0.717) is 5.41 Å². The SMILES string of the molecule is C=NCCC(C)CC(C)(C)C. The van der Waals surface area contributed by atoms with Crippen molar-refractivity contribution in [1.29, 1.82) is 0 Å². The largest absolute Gasteiger partial charge is 0.301 e. The third-order valence-corrected chi connectivity index (χ3v) is 1.74. The maximum atomic E-state index is 3.86. The van der Waals surface area contributed by atoms with E-state index >= 15 is 0 Å². The minimum Gasteiger partial charge on any atom is -0.301 e. The van der Waals surface area contributed by atoms with E-state index in [1.165, 1.54) is 12.8 Å². The Kier molecular flexibility index (Phi) is 4.39. The minimum atomic E-state index is 0.459. The summed E-state index contributed by atoms with van der Waals surface area (Å²) >= 11 is 0. The quantitative estimate of drug-likeness (QED) is 0.553. The zero-order valence-corrected chi connectivity index (χ0v) is 8.35. The molecule has 0 saturated heterocycles. The second-order valence-corrected chi connectivity index (χ2v) is 4.61. The summed E-state index contributed by atoms with van der Waals surface area (Å²) in [5.41, 5.74) is 0.459. The lowest BCUT2D eigenvalue weighted by atomic mass is 9.84. The van der Waals surface area contributed by atoms with Crippen molar-refractivity contribution in [1.82, 2.24) is 0 Å². The van der Waals surface area contributed by atoms with Crippen molar-refractivity contribution in [3.63, 3.8) is 0 Å². The van der Waals surface area contributed by atoms with Gasteiger partial charge in [-0.25, -0.2) is 0 Å². The van der Waals surface area contributed by atoms with Crippen LogP contribution in [0, 0.1) is 11.3 Å². The molecule has 0 bridgehead atoms. The van der Waals surface area contributed by atoms with Gasteiger partial charge in [-0.15, -0.1) is 0 Å². The van der Waals surface area contributed by atoms with Gasteiger partial charge in [-0.1, -0.05) is 27.7 Å². The molecule has 0 radical (unpaired) electrons. The summed E-state index contributed by atoms with van der Waals surface area (Å²) in [6.07, 6.45) is 2.46. The lowest BCUT2D eigenvalue weighted by molar-refractivity contribution is 0.299. The van der Waals surface area contributed by atoms with E-state index in [0.717, 1.165) is 12.5 Å². The molecule has 0 saturated carbocycles. The van der Waals surface area contributed by atoms with Gasteiger partial charge in [0.15, 0.2) is 0 Å². The molecule has 0 aliphatic rings. The third kappa shape index (κ3) is 7.57. The number of aliphatic imine (C=N–C) groups is 1. The highest BCUT2D eigenvalue weighted by Crippen LogP contribution is 2.25. The summed E-state index contributed by atoms with van der Waals surface area (Å²) in [5, 5.41) is 0. The molecule has 0 aliphatic carbocycles. The van der Waals surface area contributed by atoms with Crippen molar-refractivity contribution in [3.05, 3.63) is 0 Å². The van der Waals surface area contributed by atoms with Gasteiger partial charge in [0.25, 0.3) is 0 Å². The van der Waals surface area contributed by atoms with E-state index in [-0.39, 0.29) is 0 Å². The normalized spacial score (nSPS) is 14.5. The fourth-order valence-corrected chi connectivity index (χ4v) is 1.46. The van der Waals surface area contributed by atoms with Crippen molar-refractivity contribution in [2.24, 2.45) is 16.3 Å². The van der Waals surface area contributed by atoms with Gasteiger partial charge in [-0.3, -0.25) is 0 Å². The highest BCUT2D eigenvalue weighted by atomic mass is 14.7. The molecular formula is C10H21N. The first-order valence-electron chi connectivity index (χ1n) is 4.38. The van der Waals surface area contributed by atoms with Crippen LogP contribution < -0.4 is 0 Å². The van der Waals surface area contributed by atoms with Gasteiger partial charge < -0.3 is 4.99 Å². The minimum absolute atomic E-state index is 0.459. The molecule has 11 heavy (non-hydrogen) atoms. The standard InChI is InChI=1S/C10H21N/c1-9(6-7-11-5)8-10(2,3)4/h9H,5-8H2,1-4H3. The van der Waals surface area contributed by atoms with Gasteiger partial charge in [-0.2, -0.15) is 0 Å². The molecule has 0 fully saturated rings. The van der Waals surface area contributed by atoms with Crippen LogP contribution in [0.25, 0.3) is 0 Å². The van der Waals surface area contributed by atoms with Crippen LogP contribution in [0.1, 0.15) is 40.5 Å². The van der Waals surface area contributed by atoms with Crippen LogP contribution in [0.4, 0.5) is 0 Å². The monoisotopic (exact) mass is 155 g/mol. The van der Waals surface area contributed by atoms with E-state index < -0.39 is 0 Å². The second-order valence-electron chi connectivity index (χ2n) is 4.61. The Hall–Kier alpha value is -0.330. The average Bonchev–Trinajstić information content (AvgIpc) is 1.79. The summed E-state index contributed by atoms with van der Waals surface area (Å²) < 4.78 is 0. The molecule has 0 amide bonds. The van der Waals surface area contributed by atoms with Crippen molar-refractivity contribution < 1.29 is 0 Å².